The van der Waals surface area contributed by atoms with Crippen molar-refractivity contribution in [1.29, 1.82) is 0 Å². The number of methoxy groups -OCH3 is 2. The third-order valence-corrected chi connectivity index (χ3v) is 4.50. The Labute approximate surface area is 139 Å². The van der Waals surface area contributed by atoms with Gasteiger partial charge >= 0.3 is 0 Å². The van der Waals surface area contributed by atoms with Crippen molar-refractivity contribution in [1.82, 2.24) is 10.2 Å². The molecule has 0 spiro atoms. The van der Waals surface area contributed by atoms with Gasteiger partial charge < -0.3 is 19.9 Å². The predicted octanol–water partition coefficient (Wildman–Crippen LogP) is 2.79. The molecule has 0 unspecified atom stereocenters. The molecule has 1 atom stereocenters. The third-order valence-electron chi connectivity index (χ3n) is 4.50. The van der Waals surface area contributed by atoms with Crippen molar-refractivity contribution in [3.8, 4) is 17.2 Å². The molecule has 1 aliphatic heterocycles. The summed E-state index contributed by atoms with van der Waals surface area (Å²) in [4.78, 5) is 2.52. The number of ether oxygens (including phenoxy) is 2. The SMILES string of the molecule is COc1cc([C@H](CCC(C)C)N2CCNCC2)cc(OC)c1O. The van der Waals surface area contributed by atoms with Crippen LogP contribution in [0.25, 0.3) is 0 Å². The van der Waals surface area contributed by atoms with Crippen molar-refractivity contribution in [2.75, 3.05) is 40.4 Å². The van der Waals surface area contributed by atoms with Gasteiger partial charge in [-0.25, -0.2) is 0 Å². The Bertz CT molecular complexity index is 474. The molecule has 0 radical (unpaired) electrons. The van der Waals surface area contributed by atoms with E-state index in [1.165, 1.54) is 6.42 Å². The average Bonchev–Trinajstić information content (AvgIpc) is 2.56. The summed E-state index contributed by atoms with van der Waals surface area (Å²) < 4.78 is 10.7. The summed E-state index contributed by atoms with van der Waals surface area (Å²) in [7, 11) is 3.15. The Balaban J connectivity index is 2.32. The first kappa shape index (κ1) is 17.9. The van der Waals surface area contributed by atoms with Crippen molar-refractivity contribution >= 4 is 0 Å². The van der Waals surface area contributed by atoms with Crippen LogP contribution in [0.15, 0.2) is 12.1 Å². The first-order valence-corrected chi connectivity index (χ1v) is 8.46. The van der Waals surface area contributed by atoms with Gasteiger partial charge in [0.15, 0.2) is 11.5 Å². The largest absolute Gasteiger partial charge is 0.502 e. The molecule has 0 saturated carbocycles. The molecular formula is C18H30N2O3. The summed E-state index contributed by atoms with van der Waals surface area (Å²) >= 11 is 0. The van der Waals surface area contributed by atoms with E-state index in [0.717, 1.165) is 38.2 Å². The lowest BCUT2D eigenvalue weighted by Gasteiger charge is -2.36. The fourth-order valence-corrected chi connectivity index (χ4v) is 3.15. The average molecular weight is 322 g/mol. The Morgan fingerprint density at radius 1 is 1.09 bits per heavy atom. The van der Waals surface area contributed by atoms with Crippen LogP contribution in [0.4, 0.5) is 0 Å². The van der Waals surface area contributed by atoms with Crippen LogP contribution in [-0.4, -0.2) is 50.4 Å². The highest BCUT2D eigenvalue weighted by molar-refractivity contribution is 5.53. The lowest BCUT2D eigenvalue weighted by Crippen LogP contribution is -2.45. The van der Waals surface area contributed by atoms with Gasteiger partial charge in [-0.2, -0.15) is 0 Å². The summed E-state index contributed by atoms with van der Waals surface area (Å²) in [6.07, 6.45) is 2.26. The maximum absolute atomic E-state index is 10.1. The van der Waals surface area contributed by atoms with Gasteiger partial charge in [-0.1, -0.05) is 13.8 Å². The van der Waals surface area contributed by atoms with Crippen LogP contribution in [0.3, 0.4) is 0 Å². The summed E-state index contributed by atoms with van der Waals surface area (Å²) in [6, 6.07) is 4.22. The van der Waals surface area contributed by atoms with Gasteiger partial charge in [0, 0.05) is 32.2 Å². The van der Waals surface area contributed by atoms with Gasteiger partial charge in [-0.05, 0) is 36.5 Å². The Morgan fingerprint density at radius 3 is 2.13 bits per heavy atom. The van der Waals surface area contributed by atoms with Crippen LogP contribution in [0.1, 0.15) is 38.3 Å². The number of phenols is 1. The van der Waals surface area contributed by atoms with E-state index in [2.05, 4.69) is 24.1 Å². The zero-order valence-electron chi connectivity index (χ0n) is 14.8. The number of nitrogens with one attached hydrogen (secondary N) is 1. The highest BCUT2D eigenvalue weighted by Crippen LogP contribution is 2.41. The molecule has 0 amide bonds. The molecule has 5 heteroatoms. The monoisotopic (exact) mass is 322 g/mol. The lowest BCUT2D eigenvalue weighted by molar-refractivity contribution is 0.159. The maximum Gasteiger partial charge on any atom is 0.200 e. The molecule has 1 saturated heterocycles. The number of aromatic hydroxyl groups is 1. The molecule has 23 heavy (non-hydrogen) atoms. The molecule has 0 aliphatic carbocycles. The summed E-state index contributed by atoms with van der Waals surface area (Å²) in [5.41, 5.74) is 1.15. The van der Waals surface area contributed by atoms with Crippen LogP contribution in [0.2, 0.25) is 0 Å². The highest BCUT2D eigenvalue weighted by Gasteiger charge is 2.24. The van der Waals surface area contributed by atoms with E-state index in [-0.39, 0.29) is 5.75 Å². The topological polar surface area (TPSA) is 54.0 Å². The minimum absolute atomic E-state index is 0.0710. The molecule has 1 aromatic rings. The molecule has 2 N–H and O–H groups in total. The fourth-order valence-electron chi connectivity index (χ4n) is 3.15. The van der Waals surface area contributed by atoms with Crippen LogP contribution < -0.4 is 14.8 Å². The van der Waals surface area contributed by atoms with E-state index in [4.69, 9.17) is 9.47 Å². The van der Waals surface area contributed by atoms with Crippen LogP contribution in [-0.2, 0) is 0 Å². The quantitative estimate of drug-likeness (QED) is 0.808. The van der Waals surface area contributed by atoms with E-state index in [9.17, 15) is 5.11 Å². The van der Waals surface area contributed by atoms with E-state index in [1.54, 1.807) is 14.2 Å². The fraction of sp³-hybridized carbons (Fsp3) is 0.667. The van der Waals surface area contributed by atoms with Gasteiger partial charge in [-0.15, -0.1) is 0 Å². The Kier molecular flexibility index (Phi) is 6.54. The zero-order valence-corrected chi connectivity index (χ0v) is 14.8. The number of benzene rings is 1. The summed E-state index contributed by atoms with van der Waals surface area (Å²) in [5, 5.41) is 13.6. The van der Waals surface area contributed by atoms with Crippen molar-refractivity contribution < 1.29 is 14.6 Å². The molecule has 1 aromatic carbocycles. The molecule has 1 heterocycles. The number of piperazine rings is 1. The van der Waals surface area contributed by atoms with E-state index >= 15 is 0 Å². The van der Waals surface area contributed by atoms with Crippen molar-refractivity contribution in [2.24, 2.45) is 5.92 Å². The predicted molar refractivity (Wildman–Crippen MR) is 92.5 cm³/mol. The number of hydrogen-bond donors (Lipinski definition) is 2. The van der Waals surface area contributed by atoms with Crippen molar-refractivity contribution in [3.05, 3.63) is 17.7 Å². The van der Waals surface area contributed by atoms with E-state index in [0.29, 0.717) is 23.5 Å². The molecule has 1 aliphatic rings. The van der Waals surface area contributed by atoms with Crippen molar-refractivity contribution in [2.45, 2.75) is 32.7 Å². The summed E-state index contributed by atoms with van der Waals surface area (Å²) in [5.74, 6) is 1.69. The molecule has 0 aromatic heterocycles. The highest BCUT2D eigenvalue weighted by atomic mass is 16.5. The molecule has 0 bridgehead atoms. The van der Waals surface area contributed by atoms with Gasteiger partial charge in [0.1, 0.15) is 0 Å². The third kappa shape index (κ3) is 4.52. The van der Waals surface area contributed by atoms with Crippen LogP contribution in [0.5, 0.6) is 17.2 Å². The first-order chi connectivity index (χ1) is 11.1. The summed E-state index contributed by atoms with van der Waals surface area (Å²) in [6.45, 7) is 8.62. The van der Waals surface area contributed by atoms with E-state index < -0.39 is 0 Å². The van der Waals surface area contributed by atoms with Crippen LogP contribution >= 0.6 is 0 Å². The van der Waals surface area contributed by atoms with Crippen LogP contribution in [0, 0.1) is 5.92 Å². The maximum atomic E-state index is 10.1. The normalized spacial score (nSPS) is 17.3. The Hall–Kier alpha value is -1.46. The second-order valence-corrected chi connectivity index (χ2v) is 6.55. The standard InChI is InChI=1S/C18H30N2O3/c1-13(2)5-6-15(20-9-7-19-8-10-20)14-11-16(22-3)18(21)17(12-14)23-4/h11-13,15,19,21H,5-10H2,1-4H3/t15-/m0/s1. The molecule has 2 rings (SSSR count). The van der Waals surface area contributed by atoms with E-state index in [1.807, 2.05) is 12.1 Å². The van der Waals surface area contributed by atoms with Gasteiger partial charge in [-0.3, -0.25) is 4.90 Å². The molecule has 130 valence electrons. The first-order valence-electron chi connectivity index (χ1n) is 8.46. The molecule has 1 fully saturated rings. The second-order valence-electron chi connectivity index (χ2n) is 6.55. The smallest absolute Gasteiger partial charge is 0.200 e. The minimum Gasteiger partial charge on any atom is -0.502 e. The van der Waals surface area contributed by atoms with Gasteiger partial charge in [0.2, 0.25) is 5.75 Å². The van der Waals surface area contributed by atoms with Gasteiger partial charge in [0.25, 0.3) is 0 Å². The minimum atomic E-state index is 0.0710. The van der Waals surface area contributed by atoms with Gasteiger partial charge in [0.05, 0.1) is 14.2 Å². The zero-order chi connectivity index (χ0) is 16.8. The lowest BCUT2D eigenvalue weighted by atomic mass is 9.95. The second kappa shape index (κ2) is 8.41. The number of phenolic OH excluding ortho intramolecular Hbond substituents is 1. The number of rotatable bonds is 7. The van der Waals surface area contributed by atoms with Crippen molar-refractivity contribution in [3.63, 3.8) is 0 Å². The Morgan fingerprint density at radius 2 is 1.65 bits per heavy atom. The number of hydrogen-bond acceptors (Lipinski definition) is 5. The number of nitrogens with zero attached hydrogens (tertiary/aromatic N) is 1. The molecular weight excluding hydrogens is 292 g/mol. The molecule has 5 nitrogen and oxygen atoms in total.